The molecule has 3 N–H and O–H groups in total. The predicted molar refractivity (Wildman–Crippen MR) is 62.4 cm³/mol. The molecule has 0 aromatic carbocycles. The van der Waals surface area contributed by atoms with E-state index in [1.165, 1.54) is 0 Å². The quantitative estimate of drug-likeness (QED) is 0.665. The number of ether oxygens (including phenoxy) is 2. The van der Waals surface area contributed by atoms with Crippen molar-refractivity contribution >= 4 is 0 Å². The molecule has 0 amide bonds. The van der Waals surface area contributed by atoms with Crippen molar-refractivity contribution in [1.29, 1.82) is 0 Å². The number of hydrogen-bond donors (Lipinski definition) is 3. The SMILES string of the molecule is CCC(C)(C)OC1OC(CO)C(C)C(O)C1O. The third-order valence-electron chi connectivity index (χ3n) is 3.53. The first kappa shape index (κ1) is 14.9. The highest BCUT2D eigenvalue weighted by Crippen LogP contribution is 2.29. The molecular weight excluding hydrogens is 224 g/mol. The molecule has 1 rings (SSSR count). The van der Waals surface area contributed by atoms with Crippen LogP contribution in [0.25, 0.3) is 0 Å². The van der Waals surface area contributed by atoms with Gasteiger partial charge >= 0.3 is 0 Å². The summed E-state index contributed by atoms with van der Waals surface area (Å²) in [5.41, 5.74) is -0.439. The van der Waals surface area contributed by atoms with E-state index in [-0.39, 0.29) is 12.5 Å². The zero-order valence-electron chi connectivity index (χ0n) is 11.0. The van der Waals surface area contributed by atoms with Crippen LogP contribution < -0.4 is 0 Å². The third kappa shape index (κ3) is 3.39. The predicted octanol–water partition coefficient (Wildman–Crippen LogP) is 0.267. The van der Waals surface area contributed by atoms with Crippen molar-refractivity contribution in [2.45, 2.75) is 64.3 Å². The Morgan fingerprint density at radius 3 is 2.29 bits per heavy atom. The molecule has 0 spiro atoms. The number of aliphatic hydroxyl groups excluding tert-OH is 3. The first-order chi connectivity index (χ1) is 7.82. The van der Waals surface area contributed by atoms with Crippen molar-refractivity contribution < 1.29 is 24.8 Å². The number of aliphatic hydroxyl groups is 3. The van der Waals surface area contributed by atoms with Crippen LogP contribution in [0.1, 0.15) is 34.1 Å². The summed E-state index contributed by atoms with van der Waals surface area (Å²) in [4.78, 5) is 0. The molecule has 0 aromatic rings. The van der Waals surface area contributed by atoms with Crippen molar-refractivity contribution in [2.75, 3.05) is 6.61 Å². The van der Waals surface area contributed by atoms with Crippen LogP contribution in [0.15, 0.2) is 0 Å². The Kier molecular flexibility index (Phi) is 4.92. The van der Waals surface area contributed by atoms with E-state index >= 15 is 0 Å². The van der Waals surface area contributed by atoms with Gasteiger partial charge in [-0.15, -0.1) is 0 Å². The van der Waals surface area contributed by atoms with E-state index in [1.54, 1.807) is 6.92 Å². The minimum atomic E-state index is -1.08. The molecule has 1 heterocycles. The van der Waals surface area contributed by atoms with Crippen LogP contribution in [-0.4, -0.2) is 52.1 Å². The lowest BCUT2D eigenvalue weighted by Gasteiger charge is -2.43. The van der Waals surface area contributed by atoms with Gasteiger partial charge in [-0.2, -0.15) is 0 Å². The Bertz CT molecular complexity index is 241. The van der Waals surface area contributed by atoms with Gasteiger partial charge in [-0.25, -0.2) is 0 Å². The molecule has 1 aliphatic rings. The first-order valence-corrected chi connectivity index (χ1v) is 6.12. The minimum Gasteiger partial charge on any atom is -0.394 e. The van der Waals surface area contributed by atoms with E-state index in [4.69, 9.17) is 14.6 Å². The molecule has 5 unspecified atom stereocenters. The summed E-state index contributed by atoms with van der Waals surface area (Å²) in [6.45, 7) is 7.29. The van der Waals surface area contributed by atoms with Crippen LogP contribution in [-0.2, 0) is 9.47 Å². The van der Waals surface area contributed by atoms with Crippen molar-refractivity contribution in [3.8, 4) is 0 Å². The molecule has 102 valence electrons. The van der Waals surface area contributed by atoms with Gasteiger partial charge in [0.25, 0.3) is 0 Å². The molecular formula is C12H24O5. The summed E-state index contributed by atoms with van der Waals surface area (Å²) in [6, 6.07) is 0. The fourth-order valence-corrected chi connectivity index (χ4v) is 1.77. The van der Waals surface area contributed by atoms with Crippen molar-refractivity contribution in [3.05, 3.63) is 0 Å². The van der Waals surface area contributed by atoms with Crippen LogP contribution >= 0.6 is 0 Å². The molecule has 5 nitrogen and oxygen atoms in total. The fourth-order valence-electron chi connectivity index (χ4n) is 1.77. The van der Waals surface area contributed by atoms with Gasteiger partial charge in [0.05, 0.1) is 24.4 Å². The third-order valence-corrected chi connectivity index (χ3v) is 3.53. The monoisotopic (exact) mass is 248 g/mol. The average molecular weight is 248 g/mol. The minimum absolute atomic E-state index is 0.197. The molecule has 0 saturated carbocycles. The van der Waals surface area contributed by atoms with Crippen LogP contribution in [0.3, 0.4) is 0 Å². The molecule has 5 heteroatoms. The van der Waals surface area contributed by atoms with Crippen molar-refractivity contribution in [3.63, 3.8) is 0 Å². The fraction of sp³-hybridized carbons (Fsp3) is 1.00. The standard InChI is InChI=1S/C12H24O5/c1-5-12(3,4)17-11-10(15)9(14)7(2)8(6-13)16-11/h7-11,13-15H,5-6H2,1-4H3. The number of hydrogen-bond acceptors (Lipinski definition) is 5. The maximum absolute atomic E-state index is 9.90. The molecule has 1 fully saturated rings. The molecule has 0 radical (unpaired) electrons. The van der Waals surface area contributed by atoms with Crippen molar-refractivity contribution in [1.82, 2.24) is 0 Å². The van der Waals surface area contributed by atoms with Gasteiger partial charge in [0, 0.05) is 5.92 Å². The smallest absolute Gasteiger partial charge is 0.187 e. The van der Waals surface area contributed by atoms with Gasteiger partial charge in [-0.05, 0) is 20.3 Å². The second-order valence-electron chi connectivity index (χ2n) is 5.30. The summed E-state index contributed by atoms with van der Waals surface area (Å²) < 4.78 is 11.1. The van der Waals surface area contributed by atoms with Crippen LogP contribution in [0.4, 0.5) is 0 Å². The zero-order valence-corrected chi connectivity index (χ0v) is 11.0. The normalized spacial score (nSPS) is 39.4. The summed E-state index contributed by atoms with van der Waals surface area (Å²) >= 11 is 0. The molecule has 1 aliphatic heterocycles. The van der Waals surface area contributed by atoms with Crippen LogP contribution in [0, 0.1) is 5.92 Å². The van der Waals surface area contributed by atoms with E-state index in [1.807, 2.05) is 20.8 Å². The first-order valence-electron chi connectivity index (χ1n) is 6.12. The summed E-state index contributed by atoms with van der Waals surface area (Å²) in [7, 11) is 0. The second kappa shape index (κ2) is 5.63. The lowest BCUT2D eigenvalue weighted by Crippen LogP contribution is -2.56. The van der Waals surface area contributed by atoms with E-state index in [9.17, 15) is 10.2 Å². The van der Waals surface area contributed by atoms with Gasteiger partial charge in [0.1, 0.15) is 6.10 Å². The van der Waals surface area contributed by atoms with Gasteiger partial charge in [-0.3, -0.25) is 0 Å². The van der Waals surface area contributed by atoms with Gasteiger partial charge < -0.3 is 24.8 Å². The lowest BCUT2D eigenvalue weighted by atomic mass is 9.91. The van der Waals surface area contributed by atoms with E-state index in [2.05, 4.69) is 0 Å². The molecule has 5 atom stereocenters. The molecule has 17 heavy (non-hydrogen) atoms. The molecule has 0 aromatic heterocycles. The van der Waals surface area contributed by atoms with Crippen molar-refractivity contribution in [2.24, 2.45) is 5.92 Å². The average Bonchev–Trinajstić information content (AvgIpc) is 2.30. The van der Waals surface area contributed by atoms with Gasteiger partial charge in [0.15, 0.2) is 6.29 Å². The maximum atomic E-state index is 9.90. The lowest BCUT2D eigenvalue weighted by molar-refractivity contribution is -0.313. The summed E-state index contributed by atoms with van der Waals surface area (Å²) in [5, 5.41) is 28.9. The summed E-state index contributed by atoms with van der Waals surface area (Å²) in [6.07, 6.45) is -2.67. The topological polar surface area (TPSA) is 79.2 Å². The Morgan fingerprint density at radius 1 is 1.24 bits per heavy atom. The summed E-state index contributed by atoms with van der Waals surface area (Å²) in [5.74, 6) is -0.320. The largest absolute Gasteiger partial charge is 0.394 e. The van der Waals surface area contributed by atoms with Crippen LogP contribution in [0.5, 0.6) is 0 Å². The second-order valence-corrected chi connectivity index (χ2v) is 5.30. The highest BCUT2D eigenvalue weighted by Gasteiger charge is 2.44. The Hall–Kier alpha value is -0.200. The van der Waals surface area contributed by atoms with E-state index < -0.39 is 30.2 Å². The Labute approximate surface area is 102 Å². The molecule has 1 saturated heterocycles. The maximum Gasteiger partial charge on any atom is 0.187 e. The Balaban J connectivity index is 2.72. The molecule has 0 bridgehead atoms. The van der Waals surface area contributed by atoms with Gasteiger partial charge in [0.2, 0.25) is 0 Å². The zero-order chi connectivity index (χ0) is 13.2. The molecule has 0 aliphatic carbocycles. The highest BCUT2D eigenvalue weighted by atomic mass is 16.7. The highest BCUT2D eigenvalue weighted by molar-refractivity contribution is 4.87. The van der Waals surface area contributed by atoms with Gasteiger partial charge in [-0.1, -0.05) is 13.8 Å². The van der Waals surface area contributed by atoms with Crippen LogP contribution in [0.2, 0.25) is 0 Å². The number of rotatable bonds is 4. The van der Waals surface area contributed by atoms with E-state index in [0.29, 0.717) is 0 Å². The Morgan fingerprint density at radius 2 is 1.82 bits per heavy atom. The van der Waals surface area contributed by atoms with E-state index in [0.717, 1.165) is 6.42 Å².